The van der Waals surface area contributed by atoms with Gasteiger partial charge in [-0.2, -0.15) is 23.0 Å². The molecule has 0 bridgehead atoms. The van der Waals surface area contributed by atoms with Crippen molar-refractivity contribution < 1.29 is 13.2 Å². The van der Waals surface area contributed by atoms with Crippen LogP contribution >= 0.6 is 11.6 Å². The van der Waals surface area contributed by atoms with Crippen LogP contribution in [-0.4, -0.2) is 31.3 Å². The van der Waals surface area contributed by atoms with Crippen LogP contribution in [0.5, 0.6) is 0 Å². The molecule has 0 spiro atoms. The van der Waals surface area contributed by atoms with Crippen LogP contribution in [-0.2, 0) is 6.18 Å². The third-order valence-corrected chi connectivity index (χ3v) is 5.20. The first-order valence-corrected chi connectivity index (χ1v) is 9.31. The largest absolute Gasteiger partial charge is 0.417 e. The first-order valence-electron chi connectivity index (χ1n) is 8.93. The zero-order chi connectivity index (χ0) is 20.6. The van der Waals surface area contributed by atoms with E-state index in [1.54, 1.807) is 12.4 Å². The van der Waals surface area contributed by atoms with E-state index < -0.39 is 17.3 Å². The Balaban J connectivity index is 1.69. The highest BCUT2D eigenvalue weighted by molar-refractivity contribution is 6.33. The number of H-pyrrole nitrogens is 1. The van der Waals surface area contributed by atoms with E-state index in [4.69, 9.17) is 11.6 Å². The molecule has 0 saturated carbocycles. The standard InChI is InChI=1S/C18H16ClF3N6O/c19-15-13(27-8-2-1-3-12(27)16-23-6-7-24-16)10-26-28(17(15)29)14-5-4-11(9-25-14)18(20,21)22/h4-7,9-10,12H,1-3,8H2,(H,23,24)/t12-/m1/s1. The molecule has 4 heterocycles. The molecule has 3 aromatic rings. The summed E-state index contributed by atoms with van der Waals surface area (Å²) in [5.74, 6) is 0.729. The number of halogens is 4. The van der Waals surface area contributed by atoms with Gasteiger partial charge in [-0.1, -0.05) is 11.6 Å². The summed E-state index contributed by atoms with van der Waals surface area (Å²) in [5, 5.41) is 4.03. The SMILES string of the molecule is O=c1c(Cl)c(N2CCCC[C@@H]2c2ncc[nH]2)cnn1-c1ccc(C(F)(F)F)cn1. The predicted molar refractivity (Wildman–Crippen MR) is 100 cm³/mol. The molecule has 1 saturated heterocycles. The number of aromatic nitrogens is 5. The van der Waals surface area contributed by atoms with Gasteiger partial charge in [-0.05, 0) is 31.4 Å². The Bertz CT molecular complexity index is 1050. The molecule has 1 N–H and O–H groups in total. The Kier molecular flexibility index (Phi) is 5.03. The number of anilines is 1. The maximum atomic E-state index is 12.8. The molecule has 29 heavy (non-hydrogen) atoms. The number of aromatic amines is 1. The summed E-state index contributed by atoms with van der Waals surface area (Å²) in [4.78, 5) is 25.9. The van der Waals surface area contributed by atoms with E-state index in [0.29, 0.717) is 18.4 Å². The van der Waals surface area contributed by atoms with Crippen molar-refractivity contribution >= 4 is 17.3 Å². The number of hydrogen-bond donors (Lipinski definition) is 1. The summed E-state index contributed by atoms with van der Waals surface area (Å²) in [6.07, 6.45) is 3.75. The van der Waals surface area contributed by atoms with E-state index in [1.807, 2.05) is 4.90 Å². The Morgan fingerprint density at radius 3 is 2.66 bits per heavy atom. The van der Waals surface area contributed by atoms with Crippen molar-refractivity contribution in [3.05, 3.63) is 63.7 Å². The van der Waals surface area contributed by atoms with Gasteiger partial charge < -0.3 is 9.88 Å². The molecule has 1 fully saturated rings. The van der Waals surface area contributed by atoms with Crippen molar-refractivity contribution in [3.63, 3.8) is 0 Å². The van der Waals surface area contributed by atoms with Crippen LogP contribution in [0.3, 0.4) is 0 Å². The van der Waals surface area contributed by atoms with Crippen LogP contribution in [0.2, 0.25) is 5.02 Å². The molecule has 0 radical (unpaired) electrons. The Morgan fingerprint density at radius 2 is 2.00 bits per heavy atom. The van der Waals surface area contributed by atoms with Crippen LogP contribution in [0, 0.1) is 0 Å². The summed E-state index contributed by atoms with van der Waals surface area (Å²) in [6.45, 7) is 0.675. The summed E-state index contributed by atoms with van der Waals surface area (Å²) in [7, 11) is 0. The smallest absolute Gasteiger partial charge is 0.359 e. The molecule has 1 aliphatic heterocycles. The molecule has 0 aromatic carbocycles. The minimum Gasteiger partial charge on any atom is -0.359 e. The molecule has 0 amide bonds. The number of piperidine rings is 1. The van der Waals surface area contributed by atoms with Crippen molar-refractivity contribution in [3.8, 4) is 5.82 Å². The van der Waals surface area contributed by atoms with Gasteiger partial charge in [0, 0.05) is 25.1 Å². The fourth-order valence-electron chi connectivity index (χ4n) is 3.43. The average Bonchev–Trinajstić information content (AvgIpc) is 3.24. The molecular weight excluding hydrogens is 409 g/mol. The summed E-state index contributed by atoms with van der Waals surface area (Å²) < 4.78 is 39.0. The number of rotatable bonds is 3. The van der Waals surface area contributed by atoms with Gasteiger partial charge >= 0.3 is 6.18 Å². The van der Waals surface area contributed by atoms with E-state index in [9.17, 15) is 18.0 Å². The van der Waals surface area contributed by atoms with Crippen LogP contribution in [0.25, 0.3) is 5.82 Å². The maximum Gasteiger partial charge on any atom is 0.417 e. The molecule has 0 aliphatic carbocycles. The lowest BCUT2D eigenvalue weighted by Gasteiger charge is -2.36. The molecule has 7 nitrogen and oxygen atoms in total. The van der Waals surface area contributed by atoms with Crippen LogP contribution in [0.1, 0.15) is 36.7 Å². The van der Waals surface area contributed by atoms with E-state index in [-0.39, 0.29) is 16.9 Å². The van der Waals surface area contributed by atoms with Crippen molar-refractivity contribution in [1.29, 1.82) is 0 Å². The minimum atomic E-state index is -4.51. The van der Waals surface area contributed by atoms with Gasteiger partial charge in [-0.3, -0.25) is 4.79 Å². The lowest BCUT2D eigenvalue weighted by molar-refractivity contribution is -0.137. The zero-order valence-corrected chi connectivity index (χ0v) is 15.8. The van der Waals surface area contributed by atoms with E-state index in [2.05, 4.69) is 20.1 Å². The maximum absolute atomic E-state index is 12.8. The highest BCUT2D eigenvalue weighted by atomic mass is 35.5. The number of pyridine rings is 1. The second-order valence-corrected chi connectivity index (χ2v) is 7.02. The summed E-state index contributed by atoms with van der Waals surface area (Å²) in [5.41, 5.74) is -1.10. The molecule has 3 aromatic heterocycles. The molecule has 152 valence electrons. The number of nitrogens with one attached hydrogen (secondary N) is 1. The summed E-state index contributed by atoms with van der Waals surface area (Å²) >= 11 is 6.36. The Morgan fingerprint density at radius 1 is 1.17 bits per heavy atom. The highest BCUT2D eigenvalue weighted by Gasteiger charge is 2.31. The molecule has 1 atom stereocenters. The van der Waals surface area contributed by atoms with Gasteiger partial charge in [0.25, 0.3) is 5.56 Å². The normalized spacial score (nSPS) is 17.5. The lowest BCUT2D eigenvalue weighted by atomic mass is 10.0. The van der Waals surface area contributed by atoms with Crippen molar-refractivity contribution in [2.75, 3.05) is 11.4 Å². The van der Waals surface area contributed by atoms with Crippen LogP contribution in [0.4, 0.5) is 18.9 Å². The van der Waals surface area contributed by atoms with Gasteiger partial charge in [0.05, 0.1) is 23.5 Å². The average molecular weight is 425 g/mol. The van der Waals surface area contributed by atoms with Gasteiger partial charge in [-0.15, -0.1) is 0 Å². The summed E-state index contributed by atoms with van der Waals surface area (Å²) in [6, 6.07) is 1.85. The lowest BCUT2D eigenvalue weighted by Crippen LogP contribution is -2.36. The quantitative estimate of drug-likeness (QED) is 0.692. The van der Waals surface area contributed by atoms with Crippen LogP contribution < -0.4 is 10.5 Å². The van der Waals surface area contributed by atoms with Gasteiger partial charge in [0.1, 0.15) is 10.8 Å². The van der Waals surface area contributed by atoms with Crippen molar-refractivity contribution in [2.45, 2.75) is 31.5 Å². The van der Waals surface area contributed by atoms with Gasteiger partial charge in [0.2, 0.25) is 0 Å². The fourth-order valence-corrected chi connectivity index (χ4v) is 3.67. The number of alkyl halides is 3. The predicted octanol–water partition coefficient (Wildman–Crippen LogP) is 3.75. The molecule has 1 aliphatic rings. The topological polar surface area (TPSA) is 79.7 Å². The zero-order valence-electron chi connectivity index (χ0n) is 15.0. The number of nitrogens with zero attached hydrogens (tertiary/aromatic N) is 5. The van der Waals surface area contributed by atoms with Gasteiger partial charge in [0.15, 0.2) is 5.82 Å². The van der Waals surface area contributed by atoms with Crippen molar-refractivity contribution in [1.82, 2.24) is 24.7 Å². The Labute approximate surface area is 168 Å². The first-order chi connectivity index (χ1) is 13.9. The molecule has 4 rings (SSSR count). The fraction of sp³-hybridized carbons (Fsp3) is 0.333. The van der Waals surface area contributed by atoms with E-state index in [1.165, 1.54) is 6.20 Å². The van der Waals surface area contributed by atoms with Gasteiger partial charge in [-0.25, -0.2) is 9.97 Å². The monoisotopic (exact) mass is 424 g/mol. The van der Waals surface area contributed by atoms with Crippen molar-refractivity contribution in [2.24, 2.45) is 0 Å². The molecule has 0 unspecified atom stereocenters. The molecular formula is C18H16ClF3N6O. The second-order valence-electron chi connectivity index (χ2n) is 6.64. The van der Waals surface area contributed by atoms with E-state index in [0.717, 1.165) is 41.9 Å². The highest BCUT2D eigenvalue weighted by Crippen LogP contribution is 2.35. The minimum absolute atomic E-state index is 0.0438. The number of hydrogen-bond acceptors (Lipinski definition) is 5. The Hall–Kier alpha value is -2.88. The third kappa shape index (κ3) is 3.71. The van der Waals surface area contributed by atoms with E-state index >= 15 is 0 Å². The third-order valence-electron chi connectivity index (χ3n) is 4.84. The number of imidazole rings is 1. The second kappa shape index (κ2) is 7.51. The van der Waals surface area contributed by atoms with Crippen LogP contribution in [0.15, 0.2) is 41.7 Å². The first kappa shape index (κ1) is 19.4. The molecule has 11 heteroatoms.